The first-order chi connectivity index (χ1) is 46.2. The number of hydrogen-bond acceptors (Lipinski definition) is 15. The van der Waals surface area contributed by atoms with Gasteiger partial charge in [-0.3, -0.25) is 37.3 Å². The van der Waals surface area contributed by atoms with Crippen LogP contribution >= 0.6 is 15.6 Å². The zero-order valence-corrected chi connectivity index (χ0v) is 64.8. The van der Waals surface area contributed by atoms with E-state index in [1.165, 1.54) is 180 Å². The molecule has 0 aromatic heterocycles. The van der Waals surface area contributed by atoms with E-state index in [4.69, 9.17) is 37.0 Å². The van der Waals surface area contributed by atoms with Crippen LogP contribution in [0.15, 0.2) is 0 Å². The lowest BCUT2D eigenvalue weighted by Crippen LogP contribution is -2.30. The summed E-state index contributed by atoms with van der Waals surface area (Å²) in [5.74, 6) is 0.942. The van der Waals surface area contributed by atoms with Crippen molar-refractivity contribution in [2.45, 2.75) is 408 Å². The lowest BCUT2D eigenvalue weighted by molar-refractivity contribution is -0.161. The van der Waals surface area contributed by atoms with Crippen molar-refractivity contribution in [3.63, 3.8) is 0 Å². The molecule has 3 N–H and O–H groups in total. The molecule has 0 radical (unpaired) electrons. The average Bonchev–Trinajstić information content (AvgIpc) is 1.35. The van der Waals surface area contributed by atoms with Gasteiger partial charge in [-0.2, -0.15) is 0 Å². The number of ether oxygens (including phenoxy) is 4. The van der Waals surface area contributed by atoms with Crippen LogP contribution in [0.25, 0.3) is 0 Å². The van der Waals surface area contributed by atoms with Gasteiger partial charge in [0.05, 0.1) is 26.4 Å². The fourth-order valence-corrected chi connectivity index (χ4v) is 13.2. The van der Waals surface area contributed by atoms with Gasteiger partial charge in [0.2, 0.25) is 0 Å². The number of aliphatic hydroxyl groups is 1. The molecular formula is C77H150O17P2. The van der Waals surface area contributed by atoms with Gasteiger partial charge in [-0.1, -0.05) is 338 Å². The highest BCUT2D eigenvalue weighted by molar-refractivity contribution is 7.47. The monoisotopic (exact) mass is 1410 g/mol. The lowest BCUT2D eigenvalue weighted by Gasteiger charge is -2.21. The van der Waals surface area contributed by atoms with Gasteiger partial charge >= 0.3 is 39.5 Å². The van der Waals surface area contributed by atoms with Crippen molar-refractivity contribution < 1.29 is 80.2 Å². The zero-order valence-electron chi connectivity index (χ0n) is 63.0. The van der Waals surface area contributed by atoms with Crippen molar-refractivity contribution in [1.29, 1.82) is 0 Å². The van der Waals surface area contributed by atoms with Crippen molar-refractivity contribution in [2.24, 2.45) is 23.7 Å². The largest absolute Gasteiger partial charge is 0.472 e. The highest BCUT2D eigenvalue weighted by atomic mass is 31.2. The number of rotatable bonds is 74. The van der Waals surface area contributed by atoms with Gasteiger partial charge in [-0.05, 0) is 49.4 Å². The molecule has 0 spiro atoms. The second-order valence-electron chi connectivity index (χ2n) is 29.2. The van der Waals surface area contributed by atoms with E-state index in [1.807, 2.05) is 0 Å². The summed E-state index contributed by atoms with van der Waals surface area (Å²) in [4.78, 5) is 72.8. The van der Waals surface area contributed by atoms with Gasteiger partial charge in [0.25, 0.3) is 0 Å². The molecule has 0 aromatic carbocycles. The summed E-state index contributed by atoms with van der Waals surface area (Å²) in [6.45, 7) is 14.2. The number of phosphoric acid groups is 2. The molecule has 17 nitrogen and oxygen atoms in total. The van der Waals surface area contributed by atoms with E-state index in [0.29, 0.717) is 31.6 Å². The molecule has 5 unspecified atom stereocenters. The second-order valence-corrected chi connectivity index (χ2v) is 32.1. The molecule has 0 rings (SSSR count). The third kappa shape index (κ3) is 67.9. The average molecular weight is 1410 g/mol. The van der Waals surface area contributed by atoms with Crippen LogP contribution in [0, 0.1) is 23.7 Å². The topological polar surface area (TPSA) is 237 Å². The second kappa shape index (κ2) is 66.3. The van der Waals surface area contributed by atoms with E-state index in [1.54, 1.807) is 0 Å². The van der Waals surface area contributed by atoms with Crippen molar-refractivity contribution in [1.82, 2.24) is 0 Å². The third-order valence-electron chi connectivity index (χ3n) is 18.5. The summed E-state index contributed by atoms with van der Waals surface area (Å²) >= 11 is 0. The summed E-state index contributed by atoms with van der Waals surface area (Å²) < 4.78 is 68.5. The van der Waals surface area contributed by atoms with Crippen molar-refractivity contribution >= 4 is 39.5 Å². The minimum absolute atomic E-state index is 0.106. The van der Waals surface area contributed by atoms with Crippen molar-refractivity contribution in [3.05, 3.63) is 0 Å². The van der Waals surface area contributed by atoms with Gasteiger partial charge < -0.3 is 33.8 Å². The van der Waals surface area contributed by atoms with Crippen LogP contribution in [0.5, 0.6) is 0 Å². The predicted octanol–water partition coefficient (Wildman–Crippen LogP) is 22.4. The fraction of sp³-hybridized carbons (Fsp3) is 0.948. The Morgan fingerprint density at radius 1 is 0.292 bits per heavy atom. The molecule has 0 aliphatic rings. The normalized spacial score (nSPS) is 14.7. The predicted molar refractivity (Wildman–Crippen MR) is 391 cm³/mol. The molecule has 96 heavy (non-hydrogen) atoms. The van der Waals surface area contributed by atoms with E-state index in [9.17, 15) is 43.2 Å². The van der Waals surface area contributed by atoms with Crippen LogP contribution in [0.1, 0.15) is 389 Å². The summed E-state index contributed by atoms with van der Waals surface area (Å²) in [6.07, 6.45) is 51.5. The molecule has 0 saturated carbocycles. The maximum absolute atomic E-state index is 13.1. The molecular weight excluding hydrogens is 1260 g/mol. The summed E-state index contributed by atoms with van der Waals surface area (Å²) in [7, 11) is -9.91. The Labute approximate surface area is 588 Å². The molecule has 570 valence electrons. The first kappa shape index (κ1) is 94.1. The van der Waals surface area contributed by atoms with E-state index in [-0.39, 0.29) is 25.7 Å². The quantitative estimate of drug-likeness (QED) is 0.0222. The Hall–Kier alpha value is -1.94. The number of esters is 4. The summed E-state index contributed by atoms with van der Waals surface area (Å²) in [5, 5.41) is 10.6. The minimum Gasteiger partial charge on any atom is -0.462 e. The molecule has 19 heteroatoms. The van der Waals surface area contributed by atoms with E-state index in [0.717, 1.165) is 120 Å². The highest BCUT2D eigenvalue weighted by Crippen LogP contribution is 2.45. The molecule has 0 amide bonds. The maximum Gasteiger partial charge on any atom is 0.472 e. The Balaban J connectivity index is 5.18. The maximum atomic E-state index is 13.1. The van der Waals surface area contributed by atoms with Gasteiger partial charge in [0.1, 0.15) is 19.3 Å². The van der Waals surface area contributed by atoms with E-state index in [2.05, 4.69) is 55.4 Å². The van der Waals surface area contributed by atoms with Gasteiger partial charge in [0, 0.05) is 25.7 Å². The van der Waals surface area contributed by atoms with Gasteiger partial charge in [0.15, 0.2) is 12.2 Å². The van der Waals surface area contributed by atoms with E-state index < -0.39 is 97.5 Å². The zero-order chi connectivity index (χ0) is 71.0. The molecule has 0 aliphatic heterocycles. The number of phosphoric ester groups is 2. The third-order valence-corrected chi connectivity index (χ3v) is 20.4. The van der Waals surface area contributed by atoms with Crippen LogP contribution in [0.4, 0.5) is 0 Å². The molecule has 7 atom stereocenters. The number of aliphatic hydroxyl groups excluding tert-OH is 1. The Kier molecular flexibility index (Phi) is 65.0. The SMILES string of the molecule is CCC(C)CCCCCCCCCCCCCCCCC(=O)O[C@H](COC(=O)CCCCCCCCC(C)CC)COP(=O)(O)OCC(O)COP(=O)(O)OC[C@@H](COC(=O)CCCCCCCCC(C)C)OC(=O)CCCCCCCCCCCCCCCCCCC(C)C. The minimum atomic E-state index is -4.96. The Bertz CT molecular complexity index is 1890. The fourth-order valence-electron chi connectivity index (χ4n) is 11.7. The first-order valence-corrected chi connectivity index (χ1v) is 42.8. The van der Waals surface area contributed by atoms with Gasteiger partial charge in [-0.25, -0.2) is 9.13 Å². The van der Waals surface area contributed by atoms with E-state index >= 15 is 0 Å². The number of carbonyl (C=O) groups is 4. The molecule has 0 saturated heterocycles. The Morgan fingerprint density at radius 3 is 0.740 bits per heavy atom. The molecule has 0 heterocycles. The number of unbranched alkanes of at least 4 members (excludes halogenated alkanes) is 38. The van der Waals surface area contributed by atoms with Gasteiger partial charge in [-0.15, -0.1) is 0 Å². The molecule has 0 bridgehead atoms. The van der Waals surface area contributed by atoms with Crippen LogP contribution < -0.4 is 0 Å². The van der Waals surface area contributed by atoms with Crippen molar-refractivity contribution in [2.75, 3.05) is 39.6 Å². The number of hydrogen-bond donors (Lipinski definition) is 3. The van der Waals surface area contributed by atoms with Crippen LogP contribution in [-0.4, -0.2) is 96.7 Å². The summed E-state index contributed by atoms with van der Waals surface area (Å²) in [5.41, 5.74) is 0. The van der Waals surface area contributed by atoms with Crippen LogP contribution in [0.3, 0.4) is 0 Å². The van der Waals surface area contributed by atoms with Crippen LogP contribution in [-0.2, 0) is 65.4 Å². The Morgan fingerprint density at radius 2 is 0.500 bits per heavy atom. The first-order valence-electron chi connectivity index (χ1n) is 39.8. The standard InChI is InChI=1S/C77H150O17P2/c1-9-69(7)55-47-39-30-26-22-18-15-16-20-24-28-32-44-52-60-77(82)94-73(64-88-75(80)58-50-42-36-34-40-48-56-70(8)10-2)66-92-96(85,86)90-62-71(78)61-89-95(83,84)91-65-72(63-87-74(79)57-49-41-35-33-38-46-54-68(5)6)93-76(81)59-51-43-31-27-23-19-14-12-11-13-17-21-25-29-37-45-53-67(3)4/h67-73,78H,9-66H2,1-8H3,(H,83,84)(H,85,86)/t69?,70?,71?,72-,73-/m1/s1. The smallest absolute Gasteiger partial charge is 0.462 e. The molecule has 0 aliphatic carbocycles. The molecule has 0 fully saturated rings. The number of carbonyl (C=O) groups excluding carboxylic acids is 4. The molecule has 0 aromatic rings. The van der Waals surface area contributed by atoms with Crippen molar-refractivity contribution in [3.8, 4) is 0 Å². The van der Waals surface area contributed by atoms with Crippen LogP contribution in [0.2, 0.25) is 0 Å². The highest BCUT2D eigenvalue weighted by Gasteiger charge is 2.30. The summed E-state index contributed by atoms with van der Waals surface area (Å²) in [6, 6.07) is 0. The lowest BCUT2D eigenvalue weighted by atomic mass is 9.99.